The Hall–Kier alpha value is -2.08. The molecule has 2 heterocycles. The summed E-state index contributed by atoms with van der Waals surface area (Å²) in [7, 11) is 0. The first-order valence-electron chi connectivity index (χ1n) is 9.84. The van der Waals surface area contributed by atoms with Crippen molar-refractivity contribution in [2.75, 3.05) is 26.3 Å². The quantitative estimate of drug-likeness (QED) is 0.585. The fraction of sp³-hybridized carbons (Fsp3) is 0.364. The molecule has 1 aliphatic rings. The zero-order valence-electron chi connectivity index (χ0n) is 16.3. The van der Waals surface area contributed by atoms with E-state index < -0.39 is 0 Å². The van der Waals surface area contributed by atoms with Gasteiger partial charge in [0.25, 0.3) is 0 Å². The van der Waals surface area contributed by atoms with Gasteiger partial charge < -0.3 is 14.2 Å². The van der Waals surface area contributed by atoms with E-state index in [-0.39, 0.29) is 11.9 Å². The summed E-state index contributed by atoms with van der Waals surface area (Å²) in [4.78, 5) is 20.1. The highest BCUT2D eigenvalue weighted by atomic mass is 35.5. The van der Waals surface area contributed by atoms with E-state index in [9.17, 15) is 4.79 Å². The summed E-state index contributed by atoms with van der Waals surface area (Å²) < 4.78 is 7.50. The molecule has 0 spiro atoms. The van der Waals surface area contributed by atoms with Crippen LogP contribution in [0.1, 0.15) is 30.8 Å². The van der Waals surface area contributed by atoms with Gasteiger partial charge in [-0.25, -0.2) is 4.98 Å². The highest BCUT2D eigenvalue weighted by Crippen LogP contribution is 2.28. The SMILES string of the molecule is CCC(C(=O)N1CCOCC1)n1c(Cc2ccc(Cl)c(Cl)c2)nc2ccccc21. The molecule has 1 atom stereocenters. The van der Waals surface area contributed by atoms with Gasteiger partial charge in [-0.15, -0.1) is 0 Å². The Labute approximate surface area is 180 Å². The minimum absolute atomic E-state index is 0.120. The lowest BCUT2D eigenvalue weighted by Gasteiger charge is -2.31. The van der Waals surface area contributed by atoms with Crippen molar-refractivity contribution in [3.63, 3.8) is 0 Å². The zero-order valence-corrected chi connectivity index (χ0v) is 17.8. The van der Waals surface area contributed by atoms with Gasteiger partial charge in [0.05, 0.1) is 34.3 Å². The van der Waals surface area contributed by atoms with E-state index >= 15 is 0 Å². The molecular formula is C22H23Cl2N3O2. The minimum atomic E-state index is -0.307. The molecule has 1 saturated heterocycles. The number of morpholine rings is 1. The van der Waals surface area contributed by atoms with Crippen LogP contribution in [0.4, 0.5) is 0 Å². The van der Waals surface area contributed by atoms with E-state index in [1.807, 2.05) is 48.2 Å². The zero-order chi connectivity index (χ0) is 20.4. The van der Waals surface area contributed by atoms with Crippen LogP contribution in [0.15, 0.2) is 42.5 Å². The average Bonchev–Trinajstić information content (AvgIpc) is 3.10. The molecule has 1 fully saturated rings. The van der Waals surface area contributed by atoms with Crippen LogP contribution >= 0.6 is 23.2 Å². The number of nitrogens with zero attached hydrogens (tertiary/aromatic N) is 3. The van der Waals surface area contributed by atoms with Crippen molar-refractivity contribution in [3.8, 4) is 0 Å². The highest BCUT2D eigenvalue weighted by Gasteiger charge is 2.29. The number of amides is 1. The largest absolute Gasteiger partial charge is 0.378 e. The van der Waals surface area contributed by atoms with Gasteiger partial charge in [0.15, 0.2) is 0 Å². The topological polar surface area (TPSA) is 47.4 Å². The van der Waals surface area contributed by atoms with Gasteiger partial charge in [-0.2, -0.15) is 0 Å². The minimum Gasteiger partial charge on any atom is -0.378 e. The number of rotatable bonds is 5. The number of halogens is 2. The molecule has 1 aromatic heterocycles. The fourth-order valence-corrected chi connectivity index (χ4v) is 4.18. The molecule has 0 bridgehead atoms. The number of aromatic nitrogens is 2. The number of ether oxygens (including phenoxy) is 1. The lowest BCUT2D eigenvalue weighted by Crippen LogP contribution is -2.44. The van der Waals surface area contributed by atoms with E-state index in [1.54, 1.807) is 6.07 Å². The molecular weight excluding hydrogens is 409 g/mol. The lowest BCUT2D eigenvalue weighted by atomic mass is 10.1. The van der Waals surface area contributed by atoms with Crippen molar-refractivity contribution < 1.29 is 9.53 Å². The van der Waals surface area contributed by atoms with Gasteiger partial charge >= 0.3 is 0 Å². The van der Waals surface area contributed by atoms with Crippen LogP contribution in [0.5, 0.6) is 0 Å². The van der Waals surface area contributed by atoms with E-state index in [0.717, 1.165) is 22.4 Å². The van der Waals surface area contributed by atoms with Crippen LogP contribution in [0, 0.1) is 0 Å². The number of carbonyl (C=O) groups excluding carboxylic acids is 1. The van der Waals surface area contributed by atoms with E-state index in [0.29, 0.717) is 49.2 Å². The van der Waals surface area contributed by atoms with Crippen molar-refractivity contribution in [1.82, 2.24) is 14.5 Å². The van der Waals surface area contributed by atoms with Crippen molar-refractivity contribution in [2.45, 2.75) is 25.8 Å². The van der Waals surface area contributed by atoms with Gasteiger partial charge in [-0.1, -0.05) is 48.3 Å². The number of para-hydroxylation sites is 2. The first-order valence-corrected chi connectivity index (χ1v) is 10.6. The molecule has 0 N–H and O–H groups in total. The molecule has 0 radical (unpaired) electrons. The normalized spacial score (nSPS) is 15.6. The third-order valence-electron chi connectivity index (χ3n) is 5.32. The molecule has 1 unspecified atom stereocenters. The Morgan fingerprint density at radius 3 is 2.62 bits per heavy atom. The number of carbonyl (C=O) groups is 1. The number of imidazole rings is 1. The van der Waals surface area contributed by atoms with Crippen molar-refractivity contribution >= 4 is 40.1 Å². The second-order valence-corrected chi connectivity index (χ2v) is 7.99. The summed E-state index contributed by atoms with van der Waals surface area (Å²) in [5.74, 6) is 0.965. The number of benzene rings is 2. The molecule has 29 heavy (non-hydrogen) atoms. The summed E-state index contributed by atoms with van der Waals surface area (Å²) >= 11 is 12.3. The maximum absolute atomic E-state index is 13.4. The summed E-state index contributed by atoms with van der Waals surface area (Å²) in [5, 5.41) is 1.04. The van der Waals surface area contributed by atoms with Crippen LogP contribution in [-0.4, -0.2) is 46.7 Å². The monoisotopic (exact) mass is 431 g/mol. The Bertz CT molecular complexity index is 1030. The molecule has 0 saturated carbocycles. The fourth-order valence-electron chi connectivity index (χ4n) is 3.86. The molecule has 4 rings (SSSR count). The van der Waals surface area contributed by atoms with E-state index in [2.05, 4.69) is 4.57 Å². The molecule has 1 aliphatic heterocycles. The van der Waals surface area contributed by atoms with Gasteiger partial charge in [0.1, 0.15) is 11.9 Å². The summed E-state index contributed by atoms with van der Waals surface area (Å²) in [5.41, 5.74) is 2.86. The van der Waals surface area contributed by atoms with Crippen LogP contribution in [-0.2, 0) is 16.0 Å². The van der Waals surface area contributed by atoms with Gasteiger partial charge in [0, 0.05) is 19.5 Å². The molecule has 2 aromatic carbocycles. The summed E-state index contributed by atoms with van der Waals surface area (Å²) in [6.07, 6.45) is 1.25. The van der Waals surface area contributed by atoms with Crippen LogP contribution < -0.4 is 0 Å². The average molecular weight is 432 g/mol. The van der Waals surface area contributed by atoms with Gasteiger partial charge in [-0.05, 0) is 36.2 Å². The predicted molar refractivity (Wildman–Crippen MR) is 116 cm³/mol. The van der Waals surface area contributed by atoms with E-state index in [1.165, 1.54) is 0 Å². The first kappa shape index (κ1) is 20.2. The Kier molecular flexibility index (Phi) is 6.09. The van der Waals surface area contributed by atoms with Crippen LogP contribution in [0.3, 0.4) is 0 Å². The molecule has 5 nitrogen and oxygen atoms in total. The summed E-state index contributed by atoms with van der Waals surface area (Å²) in [6.45, 7) is 4.47. The van der Waals surface area contributed by atoms with E-state index in [4.69, 9.17) is 32.9 Å². The molecule has 152 valence electrons. The standard InChI is InChI=1S/C22H23Cl2N3O2/c1-2-19(22(28)26-9-11-29-12-10-26)27-20-6-4-3-5-18(20)25-21(27)14-15-7-8-16(23)17(24)13-15/h3-8,13,19H,2,9-12,14H2,1H3. The Morgan fingerprint density at radius 1 is 1.14 bits per heavy atom. The van der Waals surface area contributed by atoms with Crippen molar-refractivity contribution in [1.29, 1.82) is 0 Å². The smallest absolute Gasteiger partial charge is 0.245 e. The molecule has 3 aromatic rings. The maximum Gasteiger partial charge on any atom is 0.245 e. The van der Waals surface area contributed by atoms with Crippen LogP contribution in [0.25, 0.3) is 11.0 Å². The Balaban J connectivity index is 1.75. The highest BCUT2D eigenvalue weighted by molar-refractivity contribution is 6.42. The van der Waals surface area contributed by atoms with Crippen molar-refractivity contribution in [3.05, 3.63) is 63.9 Å². The molecule has 1 amide bonds. The van der Waals surface area contributed by atoms with Crippen LogP contribution in [0.2, 0.25) is 10.0 Å². The third kappa shape index (κ3) is 4.13. The number of fused-ring (bicyclic) bond motifs is 1. The number of hydrogen-bond donors (Lipinski definition) is 0. The second-order valence-electron chi connectivity index (χ2n) is 7.17. The van der Waals surface area contributed by atoms with Crippen molar-refractivity contribution in [2.24, 2.45) is 0 Å². The Morgan fingerprint density at radius 2 is 1.90 bits per heavy atom. The second kappa shape index (κ2) is 8.74. The molecule has 7 heteroatoms. The lowest BCUT2D eigenvalue weighted by molar-refractivity contribution is -0.138. The molecule has 0 aliphatic carbocycles. The first-order chi connectivity index (χ1) is 14.1. The predicted octanol–water partition coefficient (Wildman–Crippen LogP) is 4.74. The van der Waals surface area contributed by atoms with Gasteiger partial charge in [-0.3, -0.25) is 4.79 Å². The summed E-state index contributed by atoms with van der Waals surface area (Å²) in [6, 6.07) is 13.2. The number of hydrogen-bond acceptors (Lipinski definition) is 3. The third-order valence-corrected chi connectivity index (χ3v) is 6.06. The maximum atomic E-state index is 13.4. The van der Waals surface area contributed by atoms with Gasteiger partial charge in [0.2, 0.25) is 5.91 Å².